The van der Waals surface area contributed by atoms with Gasteiger partial charge in [0.1, 0.15) is 0 Å². The van der Waals surface area contributed by atoms with Crippen molar-refractivity contribution in [1.29, 1.82) is 0 Å². The van der Waals surface area contributed by atoms with Crippen molar-refractivity contribution in [2.45, 2.75) is 39.2 Å². The average molecular weight is 139 g/mol. The first kappa shape index (κ1) is 8.12. The van der Waals surface area contributed by atoms with Crippen LogP contribution in [0.1, 0.15) is 33.1 Å². The van der Waals surface area contributed by atoms with Crippen LogP contribution in [0, 0.1) is 11.8 Å². The highest BCUT2D eigenvalue weighted by Gasteiger charge is 2.22. The van der Waals surface area contributed by atoms with Crippen LogP contribution in [0.2, 0.25) is 0 Å². The van der Waals surface area contributed by atoms with Crippen LogP contribution in [0.3, 0.4) is 0 Å². The molecule has 0 heterocycles. The minimum absolute atomic E-state index is 0.797. The Labute approximate surface area is 65.0 Å². The molecule has 10 heavy (non-hydrogen) atoms. The molecule has 0 aromatic heterocycles. The lowest BCUT2D eigenvalue weighted by atomic mass is 9.79. The van der Waals surface area contributed by atoms with Crippen LogP contribution in [-0.2, 0) is 0 Å². The number of hydrogen-bond donors (Lipinski definition) is 1. The van der Waals surface area contributed by atoms with Crippen molar-refractivity contribution in [2.24, 2.45) is 11.8 Å². The average Bonchev–Trinajstić information content (AvgIpc) is 1.95. The minimum atomic E-state index is 0.797. The summed E-state index contributed by atoms with van der Waals surface area (Å²) in [5, 5.41) is 3.35. The fourth-order valence-corrected chi connectivity index (χ4v) is 1.81. The molecule has 1 saturated carbocycles. The molecule has 0 aromatic rings. The molecule has 1 N–H and O–H groups in total. The van der Waals surface area contributed by atoms with Crippen LogP contribution >= 0.6 is 0 Å². The van der Waals surface area contributed by atoms with E-state index in [1.54, 1.807) is 0 Å². The normalized spacial score (nSPS) is 41.6. The van der Waals surface area contributed by atoms with Gasteiger partial charge in [-0.1, -0.05) is 13.8 Å². The van der Waals surface area contributed by atoms with Gasteiger partial charge < -0.3 is 5.23 Å². The fourth-order valence-electron chi connectivity index (χ4n) is 1.81. The predicted molar refractivity (Wildman–Crippen MR) is 47.6 cm³/mol. The summed E-state index contributed by atoms with van der Waals surface area (Å²) in [5.74, 6) is 1.87. The minimum Gasteiger partial charge on any atom is -0.359 e. The summed E-state index contributed by atoms with van der Waals surface area (Å²) in [7, 11) is 2.08. The molecule has 1 aliphatic carbocycles. The van der Waals surface area contributed by atoms with Gasteiger partial charge in [0.2, 0.25) is 0 Å². The molecular weight excluding hydrogens is 121 g/mol. The van der Waals surface area contributed by atoms with Gasteiger partial charge in [-0.05, 0) is 37.1 Å². The highest BCUT2D eigenvalue weighted by Crippen LogP contribution is 2.28. The second-order valence-electron chi connectivity index (χ2n) is 3.75. The van der Waals surface area contributed by atoms with Gasteiger partial charge in [0.25, 0.3) is 0 Å². The Hall–Kier alpha value is 0.0249. The zero-order valence-corrected chi connectivity index (χ0v) is 7.35. The second-order valence-corrected chi connectivity index (χ2v) is 3.75. The Morgan fingerprint density at radius 2 is 1.90 bits per heavy atom. The van der Waals surface area contributed by atoms with Crippen molar-refractivity contribution in [3.05, 3.63) is 0 Å². The van der Waals surface area contributed by atoms with E-state index in [2.05, 4.69) is 27.1 Å². The van der Waals surface area contributed by atoms with Crippen molar-refractivity contribution in [3.8, 4) is 0 Å². The molecule has 0 amide bonds. The van der Waals surface area contributed by atoms with Gasteiger partial charge in [0.15, 0.2) is 7.98 Å². The molecule has 1 fully saturated rings. The van der Waals surface area contributed by atoms with E-state index >= 15 is 0 Å². The molecule has 2 heteroatoms. The monoisotopic (exact) mass is 139 g/mol. The highest BCUT2D eigenvalue weighted by atomic mass is 14.8. The molecule has 1 aliphatic rings. The molecule has 0 saturated heterocycles. The smallest absolute Gasteiger partial charge is 0.182 e. The summed E-state index contributed by atoms with van der Waals surface area (Å²) in [6.45, 7) is 4.74. The van der Waals surface area contributed by atoms with Crippen LogP contribution in [0.25, 0.3) is 0 Å². The van der Waals surface area contributed by atoms with Crippen molar-refractivity contribution in [1.82, 2.24) is 5.23 Å². The Morgan fingerprint density at radius 3 is 2.40 bits per heavy atom. The lowest BCUT2D eigenvalue weighted by molar-refractivity contribution is 0.243. The van der Waals surface area contributed by atoms with E-state index in [0.29, 0.717) is 0 Å². The molecule has 1 rings (SSSR count). The van der Waals surface area contributed by atoms with Gasteiger partial charge in [-0.15, -0.1) is 0 Å². The summed E-state index contributed by atoms with van der Waals surface area (Å²) in [6.07, 6.45) is 4.16. The first-order chi connectivity index (χ1) is 4.74. The second kappa shape index (κ2) is 3.43. The predicted octanol–water partition coefficient (Wildman–Crippen LogP) is 0.949. The molecule has 0 radical (unpaired) electrons. The van der Waals surface area contributed by atoms with Gasteiger partial charge in [-0.2, -0.15) is 0 Å². The third-order valence-electron chi connectivity index (χ3n) is 3.01. The zero-order chi connectivity index (χ0) is 7.56. The number of hydrogen-bond acceptors (Lipinski definition) is 1. The van der Waals surface area contributed by atoms with Crippen LogP contribution in [0.4, 0.5) is 0 Å². The van der Waals surface area contributed by atoms with Crippen molar-refractivity contribution >= 4 is 7.98 Å². The Bertz CT molecular complexity index is 105. The third kappa shape index (κ3) is 1.75. The van der Waals surface area contributed by atoms with E-state index in [1.807, 2.05) is 0 Å². The Morgan fingerprint density at radius 1 is 1.20 bits per heavy atom. The van der Waals surface area contributed by atoms with E-state index in [-0.39, 0.29) is 0 Å². The highest BCUT2D eigenvalue weighted by molar-refractivity contribution is 6.04. The standard InChI is InChI=1S/C8H18BN/c1-6-3-4-8(10-9)5-7(6)2/h6-8,10H,3-5,9H2,1-2H3/t6-,7?,8?/m0/s1. The number of nitrogens with one attached hydrogen (secondary N) is 1. The molecule has 2 unspecified atom stereocenters. The van der Waals surface area contributed by atoms with Crippen molar-refractivity contribution < 1.29 is 0 Å². The lowest BCUT2D eigenvalue weighted by Gasteiger charge is -2.31. The summed E-state index contributed by atoms with van der Waals surface area (Å²) in [6, 6.07) is 0.797. The molecule has 3 atom stereocenters. The third-order valence-corrected chi connectivity index (χ3v) is 3.01. The molecular formula is C8H18BN. The Kier molecular flexibility index (Phi) is 2.78. The largest absolute Gasteiger partial charge is 0.359 e. The summed E-state index contributed by atoms with van der Waals surface area (Å²) < 4.78 is 0. The maximum Gasteiger partial charge on any atom is 0.182 e. The molecule has 0 aromatic carbocycles. The van der Waals surface area contributed by atoms with Gasteiger partial charge in [0, 0.05) is 0 Å². The van der Waals surface area contributed by atoms with E-state index in [0.717, 1.165) is 17.9 Å². The van der Waals surface area contributed by atoms with E-state index in [9.17, 15) is 0 Å². The molecule has 0 aliphatic heterocycles. The number of rotatable bonds is 1. The molecule has 0 bridgehead atoms. The van der Waals surface area contributed by atoms with E-state index in [4.69, 9.17) is 0 Å². The van der Waals surface area contributed by atoms with Crippen LogP contribution in [-0.4, -0.2) is 14.0 Å². The molecule has 58 valence electrons. The van der Waals surface area contributed by atoms with Crippen LogP contribution in [0.5, 0.6) is 0 Å². The van der Waals surface area contributed by atoms with Gasteiger partial charge in [0.05, 0.1) is 0 Å². The van der Waals surface area contributed by atoms with E-state index in [1.165, 1.54) is 19.3 Å². The van der Waals surface area contributed by atoms with Crippen LogP contribution < -0.4 is 5.23 Å². The van der Waals surface area contributed by atoms with Crippen molar-refractivity contribution in [2.75, 3.05) is 0 Å². The maximum atomic E-state index is 3.35. The fraction of sp³-hybridized carbons (Fsp3) is 1.00. The van der Waals surface area contributed by atoms with E-state index < -0.39 is 0 Å². The summed E-state index contributed by atoms with van der Waals surface area (Å²) in [4.78, 5) is 0. The first-order valence-corrected chi connectivity index (χ1v) is 4.41. The Balaban J connectivity index is 2.33. The van der Waals surface area contributed by atoms with Crippen LogP contribution in [0.15, 0.2) is 0 Å². The zero-order valence-electron chi connectivity index (χ0n) is 7.35. The molecule has 1 nitrogen and oxygen atoms in total. The lowest BCUT2D eigenvalue weighted by Crippen LogP contribution is -2.34. The maximum absolute atomic E-state index is 3.35. The summed E-state index contributed by atoms with van der Waals surface area (Å²) >= 11 is 0. The van der Waals surface area contributed by atoms with Gasteiger partial charge in [-0.25, -0.2) is 0 Å². The van der Waals surface area contributed by atoms with Gasteiger partial charge >= 0.3 is 0 Å². The summed E-state index contributed by atoms with van der Waals surface area (Å²) in [5.41, 5.74) is 0. The van der Waals surface area contributed by atoms with Gasteiger partial charge in [-0.3, -0.25) is 0 Å². The molecule has 0 spiro atoms. The topological polar surface area (TPSA) is 12.0 Å². The first-order valence-electron chi connectivity index (χ1n) is 4.41. The quantitative estimate of drug-likeness (QED) is 0.533. The van der Waals surface area contributed by atoms with Crippen molar-refractivity contribution in [3.63, 3.8) is 0 Å². The SMILES string of the molecule is BNC1CC[C@H](C)C(C)C1.